The number of hydrogen-bond acceptors (Lipinski definition) is 6. The minimum absolute atomic E-state index is 0.135. The first kappa shape index (κ1) is 18.5. The van der Waals surface area contributed by atoms with Crippen LogP contribution in [0.1, 0.15) is 26.3 Å². The maximum atomic E-state index is 14.2. The van der Waals surface area contributed by atoms with Gasteiger partial charge >= 0.3 is 11.9 Å². The number of benzene rings is 1. The summed E-state index contributed by atoms with van der Waals surface area (Å²) < 4.78 is 37.8. The van der Waals surface area contributed by atoms with E-state index in [-0.39, 0.29) is 13.2 Å². The molecule has 9 heteroatoms. The van der Waals surface area contributed by atoms with E-state index in [2.05, 4.69) is 0 Å². The number of carbonyl (C=O) groups is 2. The van der Waals surface area contributed by atoms with E-state index in [0.717, 1.165) is 6.92 Å². The molecule has 0 atom stereocenters. The Morgan fingerprint density at radius 2 is 1.52 bits per heavy atom. The van der Waals surface area contributed by atoms with Gasteiger partial charge in [0.15, 0.2) is 5.41 Å². The second-order valence-electron chi connectivity index (χ2n) is 4.61. The van der Waals surface area contributed by atoms with Gasteiger partial charge in [0.25, 0.3) is 5.69 Å². The Morgan fingerprint density at radius 1 is 1.13 bits per heavy atom. The predicted molar refractivity (Wildman–Crippen MR) is 73.6 cm³/mol. The summed E-state index contributed by atoms with van der Waals surface area (Å²) >= 11 is 0. The monoisotopic (exact) mass is 331 g/mol. The SMILES string of the molecule is CCOC(=O)C(C)(C(=O)OCC)c1c(F)cc([N+](=O)[O-])cc1F. The average molecular weight is 331 g/mol. The molecule has 0 aliphatic rings. The van der Waals surface area contributed by atoms with E-state index >= 15 is 0 Å². The van der Waals surface area contributed by atoms with Crippen molar-refractivity contribution in [1.29, 1.82) is 0 Å². The summed E-state index contributed by atoms with van der Waals surface area (Å²) in [6.07, 6.45) is 0. The quantitative estimate of drug-likeness (QED) is 0.343. The summed E-state index contributed by atoms with van der Waals surface area (Å²) in [5.41, 5.74) is -4.23. The molecular weight excluding hydrogens is 316 g/mol. The zero-order valence-corrected chi connectivity index (χ0v) is 12.7. The molecule has 7 nitrogen and oxygen atoms in total. The summed E-state index contributed by atoms with van der Waals surface area (Å²) in [6.45, 7) is 3.57. The van der Waals surface area contributed by atoms with Gasteiger partial charge in [-0.3, -0.25) is 19.7 Å². The molecule has 126 valence electrons. The molecule has 0 saturated heterocycles. The molecule has 0 amide bonds. The molecule has 0 unspecified atom stereocenters. The van der Waals surface area contributed by atoms with Gasteiger partial charge in [0.2, 0.25) is 0 Å². The van der Waals surface area contributed by atoms with Gasteiger partial charge in [-0.25, -0.2) is 8.78 Å². The van der Waals surface area contributed by atoms with Crippen LogP contribution < -0.4 is 0 Å². The summed E-state index contributed by atoms with van der Waals surface area (Å²) in [7, 11) is 0. The number of rotatable bonds is 6. The van der Waals surface area contributed by atoms with E-state index in [9.17, 15) is 28.5 Å². The van der Waals surface area contributed by atoms with Gasteiger partial charge in [-0.15, -0.1) is 0 Å². The van der Waals surface area contributed by atoms with Gasteiger partial charge in [-0.1, -0.05) is 0 Å². The molecule has 0 aliphatic heterocycles. The number of non-ortho nitro benzene ring substituents is 1. The molecule has 1 aromatic rings. The molecule has 1 rings (SSSR count). The van der Waals surface area contributed by atoms with Crippen LogP contribution in [-0.2, 0) is 24.5 Å². The zero-order chi connectivity index (χ0) is 17.8. The van der Waals surface area contributed by atoms with Crippen LogP contribution in [0.2, 0.25) is 0 Å². The molecule has 0 radical (unpaired) electrons. The molecule has 0 saturated carbocycles. The molecule has 0 aliphatic carbocycles. The van der Waals surface area contributed by atoms with E-state index in [1.807, 2.05) is 0 Å². The van der Waals surface area contributed by atoms with E-state index in [1.165, 1.54) is 13.8 Å². The van der Waals surface area contributed by atoms with Crippen molar-refractivity contribution in [1.82, 2.24) is 0 Å². The van der Waals surface area contributed by atoms with Crippen LogP contribution in [0.5, 0.6) is 0 Å². The molecule has 0 aromatic heterocycles. The second kappa shape index (κ2) is 7.12. The van der Waals surface area contributed by atoms with Crippen molar-refractivity contribution in [3.8, 4) is 0 Å². The topological polar surface area (TPSA) is 95.7 Å². The Labute approximate surface area is 130 Å². The molecule has 0 heterocycles. The maximum absolute atomic E-state index is 14.2. The van der Waals surface area contributed by atoms with Crippen LogP contribution in [0.4, 0.5) is 14.5 Å². The van der Waals surface area contributed by atoms with Crippen molar-refractivity contribution in [3.63, 3.8) is 0 Å². The van der Waals surface area contributed by atoms with Gasteiger partial charge in [0, 0.05) is 0 Å². The van der Waals surface area contributed by atoms with Gasteiger partial charge in [0.05, 0.1) is 35.8 Å². The minimum atomic E-state index is -2.42. The molecule has 1 aromatic carbocycles. The van der Waals surface area contributed by atoms with E-state index in [0.29, 0.717) is 12.1 Å². The van der Waals surface area contributed by atoms with Crippen molar-refractivity contribution in [2.24, 2.45) is 0 Å². The Morgan fingerprint density at radius 3 is 1.83 bits per heavy atom. The first-order valence-corrected chi connectivity index (χ1v) is 6.68. The Bertz CT molecular complexity index is 605. The smallest absolute Gasteiger partial charge is 0.327 e. The third kappa shape index (κ3) is 3.43. The highest BCUT2D eigenvalue weighted by Gasteiger charge is 2.50. The number of nitrogens with zero attached hydrogens (tertiary/aromatic N) is 1. The number of nitro groups is 1. The lowest BCUT2D eigenvalue weighted by molar-refractivity contribution is -0.385. The van der Waals surface area contributed by atoms with Gasteiger partial charge in [-0.2, -0.15) is 0 Å². The third-order valence-electron chi connectivity index (χ3n) is 3.11. The van der Waals surface area contributed by atoms with E-state index < -0.39 is 45.2 Å². The van der Waals surface area contributed by atoms with Crippen molar-refractivity contribution in [3.05, 3.63) is 39.4 Å². The number of halogens is 2. The van der Waals surface area contributed by atoms with E-state index in [1.54, 1.807) is 0 Å². The van der Waals surface area contributed by atoms with Crippen LogP contribution in [0.3, 0.4) is 0 Å². The highest BCUT2D eigenvalue weighted by molar-refractivity contribution is 6.06. The predicted octanol–water partition coefficient (Wildman–Crippen LogP) is 2.26. The molecule has 0 N–H and O–H groups in total. The minimum Gasteiger partial charge on any atom is -0.465 e. The number of ether oxygens (including phenoxy) is 2. The van der Waals surface area contributed by atoms with Crippen LogP contribution in [-0.4, -0.2) is 30.1 Å². The lowest BCUT2D eigenvalue weighted by Gasteiger charge is -2.26. The highest BCUT2D eigenvalue weighted by atomic mass is 19.1. The molecule has 0 spiro atoms. The highest BCUT2D eigenvalue weighted by Crippen LogP contribution is 2.34. The third-order valence-corrected chi connectivity index (χ3v) is 3.11. The normalized spacial score (nSPS) is 11.0. The Hall–Kier alpha value is -2.58. The number of carbonyl (C=O) groups excluding carboxylic acids is 2. The largest absolute Gasteiger partial charge is 0.465 e. The molecular formula is C14H15F2NO6. The molecule has 0 fully saturated rings. The van der Waals surface area contributed by atoms with E-state index in [4.69, 9.17) is 9.47 Å². The lowest BCUT2D eigenvalue weighted by Crippen LogP contribution is -2.45. The van der Waals surface area contributed by atoms with Crippen LogP contribution in [0.25, 0.3) is 0 Å². The Kier molecular flexibility index (Phi) is 5.72. The van der Waals surface area contributed by atoms with Crippen molar-refractivity contribution < 1.29 is 32.8 Å². The lowest BCUT2D eigenvalue weighted by atomic mass is 9.81. The summed E-state index contributed by atoms with van der Waals surface area (Å²) in [4.78, 5) is 33.9. The Balaban J connectivity index is 3.58. The maximum Gasteiger partial charge on any atom is 0.327 e. The summed E-state index contributed by atoms with van der Waals surface area (Å²) in [5.74, 6) is -5.27. The van der Waals surface area contributed by atoms with Gasteiger partial charge < -0.3 is 9.47 Å². The van der Waals surface area contributed by atoms with Crippen LogP contribution in [0, 0.1) is 21.7 Å². The first-order valence-electron chi connectivity index (χ1n) is 6.68. The zero-order valence-electron chi connectivity index (χ0n) is 12.7. The number of hydrogen-bond donors (Lipinski definition) is 0. The van der Waals surface area contributed by atoms with Crippen LogP contribution >= 0.6 is 0 Å². The van der Waals surface area contributed by atoms with Crippen molar-refractivity contribution in [2.45, 2.75) is 26.2 Å². The fraction of sp³-hybridized carbons (Fsp3) is 0.429. The number of nitro benzene ring substituents is 1. The molecule has 0 bridgehead atoms. The van der Waals surface area contributed by atoms with Crippen molar-refractivity contribution >= 4 is 17.6 Å². The summed E-state index contributed by atoms with van der Waals surface area (Å²) in [6, 6.07) is 0.851. The first-order chi connectivity index (χ1) is 10.7. The fourth-order valence-electron chi connectivity index (χ4n) is 1.98. The average Bonchev–Trinajstić information content (AvgIpc) is 2.46. The van der Waals surface area contributed by atoms with Crippen LogP contribution in [0.15, 0.2) is 12.1 Å². The van der Waals surface area contributed by atoms with Crippen molar-refractivity contribution in [2.75, 3.05) is 13.2 Å². The summed E-state index contributed by atoms with van der Waals surface area (Å²) in [5, 5.41) is 10.6. The molecule has 23 heavy (non-hydrogen) atoms. The van der Waals surface area contributed by atoms with Gasteiger partial charge in [0.1, 0.15) is 11.6 Å². The second-order valence-corrected chi connectivity index (χ2v) is 4.61. The standard InChI is InChI=1S/C14H15F2NO6/c1-4-22-12(18)14(3,13(19)23-5-2)11-9(15)6-8(17(20)21)7-10(11)16/h6-7H,4-5H2,1-3H3. The fourth-order valence-corrected chi connectivity index (χ4v) is 1.98. The number of esters is 2. The van der Waals surface area contributed by atoms with Gasteiger partial charge in [-0.05, 0) is 20.8 Å².